The molecule has 2 heterocycles. The van der Waals surface area contributed by atoms with Crippen LogP contribution in [0.15, 0.2) is 54.7 Å². The minimum atomic E-state index is 0.273. The predicted octanol–water partition coefficient (Wildman–Crippen LogP) is 2.85. The van der Waals surface area contributed by atoms with Crippen LogP contribution in [-0.2, 0) is 13.1 Å². The molecule has 132 valence electrons. The zero-order valence-electron chi connectivity index (χ0n) is 14.4. The van der Waals surface area contributed by atoms with Crippen molar-refractivity contribution in [2.45, 2.75) is 13.1 Å². The van der Waals surface area contributed by atoms with Gasteiger partial charge in [0, 0.05) is 20.1 Å². The van der Waals surface area contributed by atoms with Gasteiger partial charge in [0.2, 0.25) is 12.7 Å². The summed E-state index contributed by atoms with van der Waals surface area (Å²) < 4.78 is 10.7. The minimum absolute atomic E-state index is 0.273. The lowest BCUT2D eigenvalue weighted by Crippen LogP contribution is -2.19. The third kappa shape index (κ3) is 3.66. The number of nitrogens with zero attached hydrogens (tertiary/aromatic N) is 4. The first-order valence-electron chi connectivity index (χ1n) is 8.35. The molecular weight excluding hydrogens is 330 g/mol. The van der Waals surface area contributed by atoms with Gasteiger partial charge in [0.25, 0.3) is 0 Å². The fourth-order valence-electron chi connectivity index (χ4n) is 2.72. The zero-order chi connectivity index (χ0) is 17.8. The molecule has 1 aromatic heterocycles. The molecule has 26 heavy (non-hydrogen) atoms. The van der Waals surface area contributed by atoms with Gasteiger partial charge in [-0.3, -0.25) is 0 Å². The van der Waals surface area contributed by atoms with E-state index < -0.39 is 0 Å². The summed E-state index contributed by atoms with van der Waals surface area (Å²) in [5.41, 5.74) is 2.27. The smallest absolute Gasteiger partial charge is 0.244 e. The van der Waals surface area contributed by atoms with Crippen molar-refractivity contribution in [2.75, 3.05) is 24.1 Å². The molecule has 1 aliphatic heterocycles. The van der Waals surface area contributed by atoms with Gasteiger partial charge in [0.15, 0.2) is 17.3 Å². The van der Waals surface area contributed by atoms with Gasteiger partial charge >= 0.3 is 0 Å². The van der Waals surface area contributed by atoms with E-state index in [4.69, 9.17) is 9.47 Å². The molecule has 0 fully saturated rings. The van der Waals surface area contributed by atoms with Crippen molar-refractivity contribution in [1.82, 2.24) is 15.2 Å². The Labute approximate surface area is 151 Å². The molecule has 0 radical (unpaired) electrons. The minimum Gasteiger partial charge on any atom is -0.454 e. The monoisotopic (exact) mass is 349 g/mol. The van der Waals surface area contributed by atoms with Crippen molar-refractivity contribution in [3.05, 3.63) is 65.9 Å². The van der Waals surface area contributed by atoms with Crippen LogP contribution in [0.4, 0.5) is 11.8 Å². The summed E-state index contributed by atoms with van der Waals surface area (Å²) in [4.78, 5) is 6.58. The van der Waals surface area contributed by atoms with Crippen molar-refractivity contribution in [3.8, 4) is 11.5 Å². The van der Waals surface area contributed by atoms with Gasteiger partial charge in [0.05, 0.1) is 6.20 Å². The lowest BCUT2D eigenvalue weighted by molar-refractivity contribution is 0.174. The Kier molecular flexibility index (Phi) is 4.51. The van der Waals surface area contributed by atoms with Crippen molar-refractivity contribution in [1.29, 1.82) is 0 Å². The third-order valence-corrected chi connectivity index (χ3v) is 4.09. The van der Waals surface area contributed by atoms with E-state index >= 15 is 0 Å². The van der Waals surface area contributed by atoms with Gasteiger partial charge < -0.3 is 19.7 Å². The number of nitrogens with one attached hydrogen (secondary N) is 1. The molecule has 0 amide bonds. The molecule has 3 aromatic rings. The SMILES string of the molecule is CN(Cc1ccccc1)c1cnnc(NCc2ccc3c(c2)OCO3)n1. The highest BCUT2D eigenvalue weighted by molar-refractivity contribution is 5.46. The molecule has 1 aliphatic rings. The van der Waals surface area contributed by atoms with Crippen LogP contribution in [0.25, 0.3) is 0 Å². The van der Waals surface area contributed by atoms with Crippen LogP contribution in [0.3, 0.4) is 0 Å². The highest BCUT2D eigenvalue weighted by Gasteiger charge is 2.13. The number of fused-ring (bicyclic) bond motifs is 1. The number of benzene rings is 2. The number of hydrogen-bond acceptors (Lipinski definition) is 7. The molecule has 2 aromatic carbocycles. The van der Waals surface area contributed by atoms with Gasteiger partial charge in [-0.25, -0.2) is 0 Å². The summed E-state index contributed by atoms with van der Waals surface area (Å²) in [5, 5.41) is 11.3. The molecule has 0 bridgehead atoms. The van der Waals surface area contributed by atoms with Gasteiger partial charge in [-0.15, -0.1) is 5.10 Å². The molecule has 7 nitrogen and oxygen atoms in total. The zero-order valence-corrected chi connectivity index (χ0v) is 14.4. The molecule has 0 spiro atoms. The van der Waals surface area contributed by atoms with E-state index in [1.54, 1.807) is 6.20 Å². The normalized spacial score (nSPS) is 12.0. The van der Waals surface area contributed by atoms with Crippen molar-refractivity contribution in [2.24, 2.45) is 0 Å². The Morgan fingerprint density at radius 3 is 2.77 bits per heavy atom. The molecule has 1 N–H and O–H groups in total. The summed E-state index contributed by atoms with van der Waals surface area (Å²) in [6.45, 7) is 1.60. The maximum Gasteiger partial charge on any atom is 0.244 e. The van der Waals surface area contributed by atoms with Crippen LogP contribution < -0.4 is 19.7 Å². The molecular formula is C19H19N5O2. The first-order valence-corrected chi connectivity index (χ1v) is 8.35. The Hall–Kier alpha value is -3.35. The molecule has 0 saturated heterocycles. The van der Waals surface area contributed by atoms with E-state index in [2.05, 4.69) is 32.6 Å². The molecule has 0 unspecified atom stereocenters. The van der Waals surface area contributed by atoms with Crippen molar-refractivity contribution in [3.63, 3.8) is 0 Å². The average Bonchev–Trinajstić information content (AvgIpc) is 3.15. The quantitative estimate of drug-likeness (QED) is 0.733. The van der Waals surface area contributed by atoms with Crippen molar-refractivity contribution < 1.29 is 9.47 Å². The summed E-state index contributed by atoms with van der Waals surface area (Å²) >= 11 is 0. The van der Waals surface area contributed by atoms with Crippen LogP contribution in [-0.4, -0.2) is 29.0 Å². The number of hydrogen-bond donors (Lipinski definition) is 1. The van der Waals surface area contributed by atoms with E-state index in [0.717, 1.165) is 29.4 Å². The predicted molar refractivity (Wildman–Crippen MR) is 98.3 cm³/mol. The summed E-state index contributed by atoms with van der Waals surface area (Å²) in [7, 11) is 1.98. The first-order chi connectivity index (χ1) is 12.8. The van der Waals surface area contributed by atoms with Gasteiger partial charge in [0.1, 0.15) is 0 Å². The lowest BCUT2D eigenvalue weighted by atomic mass is 10.2. The third-order valence-electron chi connectivity index (χ3n) is 4.09. The van der Waals surface area contributed by atoms with Crippen LogP contribution in [0, 0.1) is 0 Å². The number of aromatic nitrogens is 3. The lowest BCUT2D eigenvalue weighted by Gasteiger charge is -2.18. The number of anilines is 2. The van der Waals surface area contributed by atoms with E-state index in [0.29, 0.717) is 12.5 Å². The van der Waals surface area contributed by atoms with Gasteiger partial charge in [-0.1, -0.05) is 36.4 Å². The fraction of sp³-hybridized carbons (Fsp3) is 0.211. The highest BCUT2D eigenvalue weighted by atomic mass is 16.7. The highest BCUT2D eigenvalue weighted by Crippen LogP contribution is 2.32. The van der Waals surface area contributed by atoms with E-state index in [-0.39, 0.29) is 6.79 Å². The molecule has 0 saturated carbocycles. The summed E-state index contributed by atoms with van der Waals surface area (Å²) in [6, 6.07) is 16.1. The van der Waals surface area contributed by atoms with Crippen molar-refractivity contribution >= 4 is 11.8 Å². The van der Waals surface area contributed by atoms with Crippen LogP contribution >= 0.6 is 0 Å². The Morgan fingerprint density at radius 1 is 1.04 bits per heavy atom. The maximum absolute atomic E-state index is 5.40. The second kappa shape index (κ2) is 7.26. The second-order valence-corrected chi connectivity index (χ2v) is 6.02. The average molecular weight is 349 g/mol. The van der Waals surface area contributed by atoms with Crippen LogP contribution in [0.1, 0.15) is 11.1 Å². The molecule has 4 rings (SSSR count). The Bertz CT molecular complexity index is 888. The first kappa shape index (κ1) is 16.1. The Balaban J connectivity index is 1.41. The number of ether oxygens (including phenoxy) is 2. The maximum atomic E-state index is 5.40. The Morgan fingerprint density at radius 2 is 1.88 bits per heavy atom. The molecule has 0 aliphatic carbocycles. The van der Waals surface area contributed by atoms with E-state index in [9.17, 15) is 0 Å². The topological polar surface area (TPSA) is 72.4 Å². The molecule has 0 atom stereocenters. The second-order valence-electron chi connectivity index (χ2n) is 6.02. The van der Waals surface area contributed by atoms with Crippen LogP contribution in [0.5, 0.6) is 11.5 Å². The van der Waals surface area contributed by atoms with Gasteiger partial charge in [-0.05, 0) is 23.3 Å². The fourth-order valence-corrected chi connectivity index (χ4v) is 2.72. The van der Waals surface area contributed by atoms with E-state index in [1.807, 2.05) is 48.3 Å². The van der Waals surface area contributed by atoms with Gasteiger partial charge in [-0.2, -0.15) is 10.1 Å². The molecule has 7 heteroatoms. The summed E-state index contributed by atoms with van der Waals surface area (Å²) in [5.74, 6) is 2.79. The standard InChI is InChI=1S/C19H19N5O2/c1-24(12-14-5-3-2-4-6-14)18-11-21-23-19(22-18)20-10-15-7-8-16-17(9-15)26-13-25-16/h2-9,11H,10,12-13H2,1H3,(H,20,22,23). The van der Waals surface area contributed by atoms with E-state index in [1.165, 1.54) is 5.56 Å². The number of rotatable bonds is 6. The largest absolute Gasteiger partial charge is 0.454 e. The summed E-state index contributed by atoms with van der Waals surface area (Å²) in [6.07, 6.45) is 1.66. The van der Waals surface area contributed by atoms with Crippen LogP contribution in [0.2, 0.25) is 0 Å².